The minimum atomic E-state index is 0. The number of H-pyrrole nitrogens is 1. The Bertz CT molecular complexity index is 562. The van der Waals surface area contributed by atoms with Gasteiger partial charge in [0.25, 0.3) is 0 Å². The molecule has 4 rings (SSSR count). The van der Waals surface area contributed by atoms with E-state index in [4.69, 9.17) is 4.74 Å². The van der Waals surface area contributed by atoms with Crippen LogP contribution in [0.25, 0.3) is 0 Å². The monoisotopic (exact) mass is 340 g/mol. The molecule has 128 valence electrons. The lowest BCUT2D eigenvalue weighted by atomic mass is 9.82. The van der Waals surface area contributed by atoms with Gasteiger partial charge in [-0.15, -0.1) is 12.4 Å². The SMILES string of the molecule is Cl.O=C(NCc1n[nH]c2c1CCC2)[C@H]1CC[C@H]2OCCN[C@@H]2C1. The summed E-state index contributed by atoms with van der Waals surface area (Å²) in [7, 11) is 0. The van der Waals surface area contributed by atoms with E-state index < -0.39 is 0 Å². The first kappa shape index (κ1) is 16.7. The zero-order chi connectivity index (χ0) is 14.9. The van der Waals surface area contributed by atoms with E-state index in [0.717, 1.165) is 50.9 Å². The number of aromatic amines is 1. The van der Waals surface area contributed by atoms with E-state index in [1.807, 2.05) is 0 Å². The van der Waals surface area contributed by atoms with Crippen LogP contribution >= 0.6 is 12.4 Å². The van der Waals surface area contributed by atoms with Crippen molar-refractivity contribution in [3.63, 3.8) is 0 Å². The number of aryl methyl sites for hydroxylation is 1. The number of hydrogen-bond donors (Lipinski definition) is 3. The Morgan fingerprint density at radius 2 is 2.26 bits per heavy atom. The molecule has 1 amide bonds. The van der Waals surface area contributed by atoms with Gasteiger partial charge in [-0.25, -0.2) is 0 Å². The maximum atomic E-state index is 12.5. The maximum Gasteiger partial charge on any atom is 0.223 e. The maximum absolute atomic E-state index is 12.5. The Morgan fingerprint density at radius 3 is 3.17 bits per heavy atom. The topological polar surface area (TPSA) is 79.0 Å². The lowest BCUT2D eigenvalue weighted by Crippen LogP contribution is -2.53. The zero-order valence-corrected chi connectivity index (χ0v) is 14.1. The number of nitrogens with one attached hydrogen (secondary N) is 3. The summed E-state index contributed by atoms with van der Waals surface area (Å²) in [6, 6.07) is 0.341. The van der Waals surface area contributed by atoms with Gasteiger partial charge in [0, 0.05) is 24.2 Å². The van der Waals surface area contributed by atoms with Gasteiger partial charge in [-0.3, -0.25) is 9.89 Å². The minimum Gasteiger partial charge on any atom is -0.375 e. The first-order chi connectivity index (χ1) is 10.8. The molecule has 2 heterocycles. The first-order valence-corrected chi connectivity index (χ1v) is 8.49. The van der Waals surface area contributed by atoms with Crippen molar-refractivity contribution in [2.75, 3.05) is 13.2 Å². The van der Waals surface area contributed by atoms with Crippen molar-refractivity contribution in [2.45, 2.75) is 57.2 Å². The normalized spacial score (nSPS) is 29.3. The van der Waals surface area contributed by atoms with Gasteiger partial charge in [0.1, 0.15) is 0 Å². The second kappa shape index (κ2) is 7.20. The number of ether oxygens (including phenoxy) is 1. The number of nitrogens with zero attached hydrogens (tertiary/aromatic N) is 1. The Morgan fingerprint density at radius 1 is 1.35 bits per heavy atom. The number of fused-ring (bicyclic) bond motifs is 2. The van der Waals surface area contributed by atoms with Crippen LogP contribution < -0.4 is 10.6 Å². The van der Waals surface area contributed by atoms with Crippen molar-refractivity contribution >= 4 is 18.3 Å². The number of amides is 1. The molecule has 0 aromatic carbocycles. The zero-order valence-electron chi connectivity index (χ0n) is 13.3. The molecule has 0 bridgehead atoms. The summed E-state index contributed by atoms with van der Waals surface area (Å²) in [5.74, 6) is 0.267. The Hall–Kier alpha value is -1.11. The predicted molar refractivity (Wildman–Crippen MR) is 88.6 cm³/mol. The Balaban J connectivity index is 0.00000156. The summed E-state index contributed by atoms with van der Waals surface area (Å²) in [6.45, 7) is 2.25. The highest BCUT2D eigenvalue weighted by Crippen LogP contribution is 2.28. The van der Waals surface area contributed by atoms with E-state index in [1.165, 1.54) is 17.7 Å². The fourth-order valence-corrected chi connectivity index (χ4v) is 4.10. The molecular formula is C16H25ClN4O2. The highest BCUT2D eigenvalue weighted by atomic mass is 35.5. The van der Waals surface area contributed by atoms with E-state index in [9.17, 15) is 4.79 Å². The molecular weight excluding hydrogens is 316 g/mol. The second-order valence-electron chi connectivity index (χ2n) is 6.68. The van der Waals surface area contributed by atoms with Crippen molar-refractivity contribution in [3.8, 4) is 0 Å². The molecule has 3 atom stereocenters. The number of carbonyl (C=O) groups excluding carboxylic acids is 1. The highest BCUT2D eigenvalue weighted by molar-refractivity contribution is 5.85. The number of morpholine rings is 1. The number of hydrogen-bond acceptors (Lipinski definition) is 4. The van der Waals surface area contributed by atoms with Crippen LogP contribution in [0.2, 0.25) is 0 Å². The third-order valence-electron chi connectivity index (χ3n) is 5.32. The number of halogens is 1. The largest absolute Gasteiger partial charge is 0.375 e. The van der Waals surface area contributed by atoms with Gasteiger partial charge in [-0.2, -0.15) is 5.10 Å². The summed E-state index contributed by atoms with van der Waals surface area (Å²) in [4.78, 5) is 12.5. The van der Waals surface area contributed by atoms with Gasteiger partial charge in [0.2, 0.25) is 5.91 Å². The van der Waals surface area contributed by atoms with Crippen molar-refractivity contribution in [2.24, 2.45) is 5.92 Å². The lowest BCUT2D eigenvalue weighted by molar-refractivity contribution is -0.128. The average Bonchev–Trinajstić information content (AvgIpc) is 3.16. The van der Waals surface area contributed by atoms with Crippen LogP contribution in [0.4, 0.5) is 0 Å². The molecule has 3 N–H and O–H groups in total. The molecule has 23 heavy (non-hydrogen) atoms. The van der Waals surface area contributed by atoms with Gasteiger partial charge in [0.05, 0.1) is 24.9 Å². The van der Waals surface area contributed by atoms with E-state index >= 15 is 0 Å². The molecule has 1 saturated carbocycles. The summed E-state index contributed by atoms with van der Waals surface area (Å²) in [6.07, 6.45) is 6.46. The van der Waals surface area contributed by atoms with Crippen molar-refractivity contribution in [3.05, 3.63) is 17.0 Å². The van der Waals surface area contributed by atoms with Crippen molar-refractivity contribution in [1.29, 1.82) is 0 Å². The van der Waals surface area contributed by atoms with Crippen molar-refractivity contribution < 1.29 is 9.53 Å². The smallest absolute Gasteiger partial charge is 0.223 e. The standard InChI is InChI=1S/C16H24N4O2.ClH/c21-16(10-4-5-15-13(8-10)17-6-7-22-15)18-9-14-11-2-1-3-12(11)19-20-14;/h10,13,15,17H,1-9H2,(H,18,21)(H,19,20);1H/t10-,13+,15+;/m0./s1. The molecule has 1 saturated heterocycles. The molecule has 1 aromatic rings. The summed E-state index contributed by atoms with van der Waals surface area (Å²) >= 11 is 0. The number of aromatic nitrogens is 2. The summed E-state index contributed by atoms with van der Waals surface area (Å²) < 4.78 is 5.77. The van der Waals surface area contributed by atoms with Crippen LogP contribution in [-0.4, -0.2) is 41.4 Å². The minimum absolute atomic E-state index is 0. The van der Waals surface area contributed by atoms with E-state index in [1.54, 1.807) is 0 Å². The van der Waals surface area contributed by atoms with E-state index in [-0.39, 0.29) is 24.2 Å². The van der Waals surface area contributed by atoms with Gasteiger partial charge >= 0.3 is 0 Å². The van der Waals surface area contributed by atoms with Crippen molar-refractivity contribution in [1.82, 2.24) is 20.8 Å². The van der Waals surface area contributed by atoms with Gasteiger partial charge in [-0.05, 0) is 44.1 Å². The summed E-state index contributed by atoms with van der Waals surface area (Å²) in [5, 5.41) is 14.0. The van der Waals surface area contributed by atoms with Gasteiger partial charge < -0.3 is 15.4 Å². The third-order valence-corrected chi connectivity index (χ3v) is 5.32. The molecule has 1 aliphatic heterocycles. The third kappa shape index (κ3) is 3.39. The Kier molecular flexibility index (Phi) is 5.24. The molecule has 2 fully saturated rings. The fraction of sp³-hybridized carbons (Fsp3) is 0.750. The van der Waals surface area contributed by atoms with Gasteiger partial charge in [-0.1, -0.05) is 0 Å². The van der Waals surface area contributed by atoms with Crippen LogP contribution in [0, 0.1) is 5.92 Å². The highest BCUT2D eigenvalue weighted by Gasteiger charge is 2.35. The average molecular weight is 341 g/mol. The van der Waals surface area contributed by atoms with Gasteiger partial charge in [0.15, 0.2) is 0 Å². The van der Waals surface area contributed by atoms with Crippen LogP contribution in [0.15, 0.2) is 0 Å². The number of rotatable bonds is 3. The molecule has 1 aromatic heterocycles. The van der Waals surface area contributed by atoms with Crippen LogP contribution in [-0.2, 0) is 28.9 Å². The van der Waals surface area contributed by atoms with E-state index in [0.29, 0.717) is 18.7 Å². The molecule has 3 aliphatic rings. The molecule has 0 spiro atoms. The Labute approximate surface area is 142 Å². The quantitative estimate of drug-likeness (QED) is 0.769. The predicted octanol–water partition coefficient (Wildman–Crippen LogP) is 1.09. The molecule has 7 heteroatoms. The summed E-state index contributed by atoms with van der Waals surface area (Å²) in [5.41, 5.74) is 3.60. The van der Waals surface area contributed by atoms with E-state index in [2.05, 4.69) is 20.8 Å². The van der Waals surface area contributed by atoms with Crippen LogP contribution in [0.3, 0.4) is 0 Å². The molecule has 0 radical (unpaired) electrons. The van der Waals surface area contributed by atoms with Crippen LogP contribution in [0.1, 0.15) is 42.6 Å². The number of carbonyl (C=O) groups is 1. The second-order valence-corrected chi connectivity index (χ2v) is 6.68. The molecule has 0 unspecified atom stereocenters. The molecule has 6 nitrogen and oxygen atoms in total. The first-order valence-electron chi connectivity index (χ1n) is 8.49. The lowest BCUT2D eigenvalue weighted by Gasteiger charge is -2.39. The van der Waals surface area contributed by atoms with Crippen LogP contribution in [0.5, 0.6) is 0 Å². The fourth-order valence-electron chi connectivity index (χ4n) is 4.10. The molecule has 2 aliphatic carbocycles.